The van der Waals surface area contributed by atoms with Crippen LogP contribution < -0.4 is 5.73 Å². The molecule has 2 rings (SSSR count). The van der Waals surface area contributed by atoms with Gasteiger partial charge in [0.15, 0.2) is 0 Å². The molecule has 1 atom stereocenters. The Labute approximate surface area is 111 Å². The van der Waals surface area contributed by atoms with E-state index < -0.39 is 0 Å². The molecule has 0 bridgehead atoms. The van der Waals surface area contributed by atoms with Gasteiger partial charge in [-0.1, -0.05) is 13.0 Å². The van der Waals surface area contributed by atoms with Crippen LogP contribution in [0.15, 0.2) is 6.07 Å². The minimum atomic E-state index is 0.139. The molecule has 0 amide bonds. The van der Waals surface area contributed by atoms with Gasteiger partial charge < -0.3 is 10.5 Å². The average Bonchev–Trinajstić information content (AvgIpc) is 2.29. The highest BCUT2D eigenvalue weighted by atomic mass is 16.5. The number of ether oxygens (including phenoxy) is 1. The minimum absolute atomic E-state index is 0.139. The van der Waals surface area contributed by atoms with Crippen molar-refractivity contribution in [2.75, 3.05) is 19.8 Å². The third-order valence-electron chi connectivity index (χ3n) is 4.88. The summed E-state index contributed by atoms with van der Waals surface area (Å²) < 4.78 is 5.55. The second-order valence-electron chi connectivity index (χ2n) is 5.92. The zero-order valence-electron chi connectivity index (χ0n) is 12.3. The van der Waals surface area contributed by atoms with Crippen molar-refractivity contribution < 1.29 is 4.74 Å². The topological polar surface area (TPSA) is 35.2 Å². The van der Waals surface area contributed by atoms with Gasteiger partial charge in [0.25, 0.3) is 0 Å². The van der Waals surface area contributed by atoms with Crippen molar-refractivity contribution in [2.45, 2.75) is 40.0 Å². The Morgan fingerprint density at radius 1 is 1.17 bits per heavy atom. The van der Waals surface area contributed by atoms with Crippen LogP contribution in [0.1, 0.15) is 34.7 Å². The summed E-state index contributed by atoms with van der Waals surface area (Å²) in [6, 6.07) is 2.29. The number of hydrogen-bond donors (Lipinski definition) is 1. The van der Waals surface area contributed by atoms with Gasteiger partial charge in [-0.15, -0.1) is 0 Å². The van der Waals surface area contributed by atoms with Gasteiger partial charge in [0, 0.05) is 5.41 Å². The van der Waals surface area contributed by atoms with E-state index in [2.05, 4.69) is 40.7 Å². The van der Waals surface area contributed by atoms with E-state index in [-0.39, 0.29) is 5.41 Å². The maximum absolute atomic E-state index is 5.93. The molecule has 2 nitrogen and oxygen atoms in total. The number of benzene rings is 1. The molecule has 0 aromatic heterocycles. The lowest BCUT2D eigenvalue weighted by Crippen LogP contribution is -2.54. The van der Waals surface area contributed by atoms with Gasteiger partial charge in [-0.2, -0.15) is 0 Å². The first-order chi connectivity index (χ1) is 8.44. The van der Waals surface area contributed by atoms with E-state index in [1.807, 2.05) is 0 Å². The number of nitrogens with two attached hydrogens (primary N) is 1. The van der Waals surface area contributed by atoms with Crippen LogP contribution in [0.25, 0.3) is 0 Å². The predicted octanol–water partition coefficient (Wildman–Crippen LogP) is 2.78. The van der Waals surface area contributed by atoms with Crippen LogP contribution in [0.3, 0.4) is 0 Å². The van der Waals surface area contributed by atoms with Gasteiger partial charge in [0.2, 0.25) is 0 Å². The smallest absolute Gasteiger partial charge is 0.0588 e. The molecule has 1 aromatic rings. The van der Waals surface area contributed by atoms with E-state index in [4.69, 9.17) is 10.5 Å². The van der Waals surface area contributed by atoms with Gasteiger partial charge in [-0.05, 0) is 68.0 Å². The zero-order valence-corrected chi connectivity index (χ0v) is 12.3. The summed E-state index contributed by atoms with van der Waals surface area (Å²) >= 11 is 0. The lowest BCUT2D eigenvalue weighted by molar-refractivity contribution is -0.0860. The Kier molecular flexibility index (Phi) is 3.52. The molecule has 1 aliphatic rings. The van der Waals surface area contributed by atoms with E-state index in [1.165, 1.54) is 27.8 Å². The van der Waals surface area contributed by atoms with E-state index in [1.54, 1.807) is 0 Å². The highest BCUT2D eigenvalue weighted by Gasteiger charge is 2.46. The first kappa shape index (κ1) is 13.6. The van der Waals surface area contributed by atoms with Crippen molar-refractivity contribution in [3.63, 3.8) is 0 Å². The van der Waals surface area contributed by atoms with Gasteiger partial charge in [0.05, 0.1) is 13.2 Å². The van der Waals surface area contributed by atoms with Crippen LogP contribution >= 0.6 is 0 Å². The minimum Gasteiger partial charge on any atom is -0.379 e. The summed E-state index contributed by atoms with van der Waals surface area (Å²) in [5.41, 5.74) is 13.1. The summed E-state index contributed by atoms with van der Waals surface area (Å²) in [6.07, 6.45) is 0. The first-order valence-corrected chi connectivity index (χ1v) is 6.79. The van der Waals surface area contributed by atoms with Gasteiger partial charge in [0.1, 0.15) is 0 Å². The molecule has 0 spiro atoms. The summed E-state index contributed by atoms with van der Waals surface area (Å²) in [5.74, 6) is 0.463. The van der Waals surface area contributed by atoms with Crippen molar-refractivity contribution >= 4 is 0 Å². The standard InChI is InChI=1S/C16H25NO/c1-10-6-11(2)14(5)15(13(10)4)16(8-18-9-16)12(3)7-17/h6,12H,7-9,17H2,1-5H3. The van der Waals surface area contributed by atoms with Crippen molar-refractivity contribution in [2.24, 2.45) is 11.7 Å². The summed E-state index contributed by atoms with van der Waals surface area (Å²) in [6.45, 7) is 13.5. The molecule has 18 heavy (non-hydrogen) atoms. The molecule has 1 aliphatic heterocycles. The number of rotatable bonds is 3. The van der Waals surface area contributed by atoms with E-state index in [0.717, 1.165) is 19.8 Å². The molecule has 1 heterocycles. The molecule has 1 unspecified atom stereocenters. The average molecular weight is 247 g/mol. The Bertz CT molecular complexity index is 434. The molecule has 1 aromatic carbocycles. The summed E-state index contributed by atoms with van der Waals surface area (Å²) in [4.78, 5) is 0. The van der Waals surface area contributed by atoms with Gasteiger partial charge in [-0.3, -0.25) is 0 Å². The fraction of sp³-hybridized carbons (Fsp3) is 0.625. The summed E-state index contributed by atoms with van der Waals surface area (Å²) in [7, 11) is 0. The van der Waals surface area contributed by atoms with Gasteiger partial charge in [-0.25, -0.2) is 0 Å². The van der Waals surface area contributed by atoms with E-state index in [9.17, 15) is 0 Å². The normalized spacial score (nSPS) is 19.4. The van der Waals surface area contributed by atoms with Crippen LogP contribution in [0.4, 0.5) is 0 Å². The molecule has 100 valence electrons. The van der Waals surface area contributed by atoms with Crippen LogP contribution in [0.2, 0.25) is 0 Å². The van der Waals surface area contributed by atoms with Crippen molar-refractivity contribution in [1.82, 2.24) is 0 Å². The lowest BCUT2D eigenvalue weighted by Gasteiger charge is -2.48. The second-order valence-corrected chi connectivity index (χ2v) is 5.92. The molecular formula is C16H25NO. The maximum Gasteiger partial charge on any atom is 0.0588 e. The summed E-state index contributed by atoms with van der Waals surface area (Å²) in [5, 5.41) is 0. The maximum atomic E-state index is 5.93. The monoisotopic (exact) mass is 247 g/mol. The van der Waals surface area contributed by atoms with Crippen LogP contribution in [-0.2, 0) is 10.2 Å². The molecule has 0 saturated carbocycles. The highest BCUT2D eigenvalue weighted by Crippen LogP contribution is 2.43. The SMILES string of the molecule is Cc1cc(C)c(C)c(C2(C(C)CN)COC2)c1C. The third-order valence-corrected chi connectivity index (χ3v) is 4.88. The van der Waals surface area contributed by atoms with E-state index in [0.29, 0.717) is 5.92 Å². The first-order valence-electron chi connectivity index (χ1n) is 6.79. The Morgan fingerprint density at radius 3 is 2.00 bits per heavy atom. The quantitative estimate of drug-likeness (QED) is 0.891. The van der Waals surface area contributed by atoms with E-state index >= 15 is 0 Å². The molecule has 1 saturated heterocycles. The molecule has 1 fully saturated rings. The van der Waals surface area contributed by atoms with Crippen molar-refractivity contribution in [3.05, 3.63) is 33.9 Å². The Hall–Kier alpha value is -0.860. The fourth-order valence-corrected chi connectivity index (χ4v) is 3.19. The Morgan fingerprint density at radius 2 is 1.67 bits per heavy atom. The number of hydrogen-bond acceptors (Lipinski definition) is 2. The largest absolute Gasteiger partial charge is 0.379 e. The third kappa shape index (κ3) is 1.79. The molecule has 2 heteroatoms. The highest BCUT2D eigenvalue weighted by molar-refractivity contribution is 5.49. The Balaban J connectivity index is 2.62. The molecular weight excluding hydrogens is 222 g/mol. The zero-order chi connectivity index (χ0) is 13.5. The van der Waals surface area contributed by atoms with Crippen LogP contribution in [0.5, 0.6) is 0 Å². The van der Waals surface area contributed by atoms with Crippen molar-refractivity contribution in [3.8, 4) is 0 Å². The lowest BCUT2D eigenvalue weighted by atomic mass is 9.65. The van der Waals surface area contributed by atoms with Gasteiger partial charge >= 0.3 is 0 Å². The second kappa shape index (κ2) is 4.67. The molecule has 0 radical (unpaired) electrons. The van der Waals surface area contributed by atoms with Crippen LogP contribution in [0, 0.1) is 33.6 Å². The molecule has 2 N–H and O–H groups in total. The van der Waals surface area contributed by atoms with Crippen LogP contribution in [-0.4, -0.2) is 19.8 Å². The predicted molar refractivity (Wildman–Crippen MR) is 76.1 cm³/mol. The number of aryl methyl sites for hydroxylation is 2. The molecule has 0 aliphatic carbocycles. The van der Waals surface area contributed by atoms with Crippen molar-refractivity contribution in [1.29, 1.82) is 0 Å². The fourth-order valence-electron chi connectivity index (χ4n) is 3.19.